The van der Waals surface area contributed by atoms with E-state index in [1.54, 1.807) is 0 Å². The van der Waals surface area contributed by atoms with E-state index >= 15 is 0 Å². The molecule has 0 radical (unpaired) electrons. The van der Waals surface area contributed by atoms with E-state index in [4.69, 9.17) is 0 Å². The second-order valence-electron chi connectivity index (χ2n) is 6.40. The van der Waals surface area contributed by atoms with Crippen molar-refractivity contribution in [1.29, 1.82) is 0 Å². The number of aliphatic carboxylic acids is 1. The van der Waals surface area contributed by atoms with Crippen molar-refractivity contribution in [3.8, 4) is 5.75 Å². The first kappa shape index (κ1) is 16.3. The van der Waals surface area contributed by atoms with Crippen LogP contribution in [-0.4, -0.2) is 36.5 Å². The zero-order chi connectivity index (χ0) is 16.7. The molecule has 0 aromatic heterocycles. The van der Waals surface area contributed by atoms with Gasteiger partial charge in [0, 0.05) is 11.6 Å². The van der Waals surface area contributed by atoms with E-state index in [1.807, 2.05) is 20.8 Å². The molecule has 0 fully saturated rings. The Morgan fingerprint density at radius 2 is 2.00 bits per heavy atom. The molecule has 120 valence electrons. The summed E-state index contributed by atoms with van der Waals surface area (Å²) in [4.78, 5) is 11.3. The third kappa shape index (κ3) is 3.38. The standard InChI is InChI=1S/C14H18N2O5S/c1-14(2,3)7-10(13(18)19)15-12-9-5-4-8(17)6-11(9)22(20,21)16-12/h4-6,10,17H,7H2,1-3H3,(H,15,16)(H,18,19). The molecule has 1 aromatic rings. The van der Waals surface area contributed by atoms with E-state index in [0.717, 1.165) is 6.07 Å². The van der Waals surface area contributed by atoms with Gasteiger partial charge < -0.3 is 15.5 Å². The van der Waals surface area contributed by atoms with Crippen molar-refractivity contribution in [3.05, 3.63) is 23.8 Å². The fourth-order valence-corrected chi connectivity index (χ4v) is 3.42. The van der Waals surface area contributed by atoms with Gasteiger partial charge in [0.25, 0.3) is 10.0 Å². The third-order valence-corrected chi connectivity index (χ3v) is 4.45. The smallest absolute Gasteiger partial charge is 0.326 e. The molecule has 1 aliphatic rings. The van der Waals surface area contributed by atoms with Crippen LogP contribution in [-0.2, 0) is 14.8 Å². The molecular weight excluding hydrogens is 308 g/mol. The van der Waals surface area contributed by atoms with Crippen LogP contribution in [0.2, 0.25) is 0 Å². The molecule has 0 spiro atoms. The summed E-state index contributed by atoms with van der Waals surface area (Å²) in [5.74, 6) is -1.28. The van der Waals surface area contributed by atoms with E-state index in [0.29, 0.717) is 6.42 Å². The normalized spacial score (nSPS) is 17.5. The predicted octanol–water partition coefficient (Wildman–Crippen LogP) is 1.32. The van der Waals surface area contributed by atoms with E-state index in [2.05, 4.69) is 9.71 Å². The molecule has 1 atom stereocenters. The Hall–Kier alpha value is -2.09. The van der Waals surface area contributed by atoms with Gasteiger partial charge in [0.15, 0.2) is 0 Å². The number of carboxylic acid groups (broad SMARTS) is 1. The van der Waals surface area contributed by atoms with E-state index in [1.165, 1.54) is 12.1 Å². The highest BCUT2D eigenvalue weighted by atomic mass is 32.2. The largest absolute Gasteiger partial charge is 0.508 e. The minimum atomic E-state index is -3.92. The van der Waals surface area contributed by atoms with E-state index in [9.17, 15) is 23.4 Å². The molecule has 3 N–H and O–H groups in total. The number of phenolic OH excluding ortho intramolecular Hbond substituents is 1. The van der Waals surface area contributed by atoms with Gasteiger partial charge in [-0.15, -0.1) is 4.40 Å². The molecule has 8 heteroatoms. The van der Waals surface area contributed by atoms with Crippen molar-refractivity contribution in [2.75, 3.05) is 0 Å². The van der Waals surface area contributed by atoms with Gasteiger partial charge in [-0.05, 0) is 24.0 Å². The van der Waals surface area contributed by atoms with Crippen molar-refractivity contribution < 1.29 is 23.4 Å². The number of fused-ring (bicyclic) bond motifs is 1. The van der Waals surface area contributed by atoms with Crippen LogP contribution in [0.1, 0.15) is 32.8 Å². The lowest BCUT2D eigenvalue weighted by Gasteiger charge is -2.24. The fourth-order valence-electron chi connectivity index (χ4n) is 2.22. The van der Waals surface area contributed by atoms with Crippen molar-refractivity contribution in [2.45, 2.75) is 38.1 Å². The number of carbonyl (C=O) groups is 1. The van der Waals surface area contributed by atoms with E-state index < -0.39 is 22.0 Å². The Kier molecular flexibility index (Phi) is 3.90. The summed E-state index contributed by atoms with van der Waals surface area (Å²) in [6.07, 6.45) is 0.300. The number of phenols is 1. The summed E-state index contributed by atoms with van der Waals surface area (Å²) in [5, 5.41) is 21.4. The van der Waals surface area contributed by atoms with Crippen molar-refractivity contribution in [1.82, 2.24) is 5.32 Å². The van der Waals surface area contributed by atoms with Crippen molar-refractivity contribution in [3.63, 3.8) is 0 Å². The minimum Gasteiger partial charge on any atom is -0.508 e. The SMILES string of the molecule is CC(C)(C)CC(NC1=NS(=O)(=O)c2cc(O)ccc21)C(=O)O. The van der Waals surface area contributed by atoms with Gasteiger partial charge in [-0.3, -0.25) is 0 Å². The maximum Gasteiger partial charge on any atom is 0.326 e. The highest BCUT2D eigenvalue weighted by Gasteiger charge is 2.33. The van der Waals surface area contributed by atoms with Gasteiger partial charge in [-0.1, -0.05) is 20.8 Å². The zero-order valence-electron chi connectivity index (χ0n) is 12.5. The number of hydrogen-bond acceptors (Lipinski definition) is 5. The molecule has 1 heterocycles. The first-order chi connectivity index (χ1) is 9.99. The molecule has 1 aliphatic heterocycles. The van der Waals surface area contributed by atoms with Crippen LogP contribution in [0.25, 0.3) is 0 Å². The van der Waals surface area contributed by atoms with Crippen LogP contribution in [0.3, 0.4) is 0 Å². The first-order valence-electron chi connectivity index (χ1n) is 6.67. The molecule has 0 saturated carbocycles. The lowest BCUT2D eigenvalue weighted by atomic mass is 9.88. The average molecular weight is 326 g/mol. The topological polar surface area (TPSA) is 116 Å². The quantitative estimate of drug-likeness (QED) is 0.771. The number of benzene rings is 1. The van der Waals surface area contributed by atoms with Gasteiger partial charge in [-0.25, -0.2) is 4.79 Å². The number of amidine groups is 1. The molecule has 0 saturated heterocycles. The highest BCUT2D eigenvalue weighted by Crippen LogP contribution is 2.29. The van der Waals surface area contributed by atoms with Crippen molar-refractivity contribution in [2.24, 2.45) is 9.81 Å². The maximum absolute atomic E-state index is 12.0. The molecule has 0 bridgehead atoms. The van der Waals surface area contributed by atoms with Crippen LogP contribution in [0, 0.1) is 5.41 Å². The minimum absolute atomic E-state index is 0.00773. The van der Waals surface area contributed by atoms with Gasteiger partial charge in [-0.2, -0.15) is 8.42 Å². The number of aromatic hydroxyl groups is 1. The number of nitrogens with zero attached hydrogens (tertiary/aromatic N) is 1. The Balaban J connectivity index is 2.36. The summed E-state index contributed by atoms with van der Waals surface area (Å²) >= 11 is 0. The molecule has 1 aromatic carbocycles. The van der Waals surface area contributed by atoms with Gasteiger partial charge in [0.05, 0.1) is 0 Å². The first-order valence-corrected chi connectivity index (χ1v) is 8.11. The summed E-state index contributed by atoms with van der Waals surface area (Å²) in [5.41, 5.74) is 0.00395. The lowest BCUT2D eigenvalue weighted by Crippen LogP contribution is -2.43. The Morgan fingerprint density at radius 1 is 1.36 bits per heavy atom. The van der Waals surface area contributed by atoms with Crippen LogP contribution in [0.4, 0.5) is 0 Å². The maximum atomic E-state index is 12.0. The second kappa shape index (κ2) is 5.28. The second-order valence-corrected chi connectivity index (χ2v) is 7.97. The summed E-state index contributed by atoms with van der Waals surface area (Å²) < 4.78 is 27.5. The Bertz CT molecular complexity index is 747. The fraction of sp³-hybridized carbons (Fsp3) is 0.429. The molecule has 1 unspecified atom stereocenters. The number of carboxylic acids is 1. The van der Waals surface area contributed by atoms with Crippen LogP contribution in [0.15, 0.2) is 27.5 Å². The Labute approximate surface area is 128 Å². The summed E-state index contributed by atoms with van der Waals surface area (Å²) in [6, 6.07) is 2.87. The number of rotatable bonds is 3. The lowest BCUT2D eigenvalue weighted by molar-refractivity contribution is -0.139. The molecule has 2 rings (SSSR count). The van der Waals surface area contributed by atoms with Crippen LogP contribution in [0.5, 0.6) is 5.75 Å². The molecule has 7 nitrogen and oxygen atoms in total. The molecule has 0 amide bonds. The van der Waals surface area contributed by atoms with Crippen molar-refractivity contribution >= 4 is 21.8 Å². The Morgan fingerprint density at radius 3 is 2.55 bits per heavy atom. The van der Waals surface area contributed by atoms with Crippen LogP contribution >= 0.6 is 0 Å². The summed E-state index contributed by atoms with van der Waals surface area (Å²) in [6.45, 7) is 5.68. The van der Waals surface area contributed by atoms with Gasteiger partial charge in [0.1, 0.15) is 22.5 Å². The van der Waals surface area contributed by atoms with Gasteiger partial charge >= 0.3 is 5.97 Å². The number of nitrogens with one attached hydrogen (secondary N) is 1. The zero-order valence-corrected chi connectivity index (χ0v) is 13.3. The summed E-state index contributed by atoms with van der Waals surface area (Å²) in [7, 11) is -3.92. The molecule has 0 aliphatic carbocycles. The van der Waals surface area contributed by atoms with E-state index in [-0.39, 0.29) is 27.5 Å². The number of sulfonamides is 1. The highest BCUT2D eigenvalue weighted by molar-refractivity contribution is 7.90. The molecular formula is C14H18N2O5S. The number of hydrogen-bond donors (Lipinski definition) is 3. The van der Waals surface area contributed by atoms with Gasteiger partial charge in [0.2, 0.25) is 0 Å². The monoisotopic (exact) mass is 326 g/mol. The average Bonchev–Trinajstić information content (AvgIpc) is 2.58. The third-order valence-electron chi connectivity index (χ3n) is 3.14. The van der Waals surface area contributed by atoms with Crippen LogP contribution < -0.4 is 5.32 Å². The predicted molar refractivity (Wildman–Crippen MR) is 80.5 cm³/mol. The molecule has 22 heavy (non-hydrogen) atoms.